The first-order valence-electron chi connectivity index (χ1n) is 7.69. The van der Waals surface area contributed by atoms with Crippen LogP contribution in [0.15, 0.2) is 47.4 Å². The fourth-order valence-electron chi connectivity index (χ4n) is 3.25. The number of fused-ring (bicyclic) bond motifs is 1. The van der Waals surface area contributed by atoms with Crippen molar-refractivity contribution >= 4 is 9.84 Å². The Hall–Kier alpha value is -2.05. The molecule has 2 aromatic carbocycles. The number of nitrogens with zero attached hydrogens (tertiary/aromatic N) is 1. The first kappa shape index (κ1) is 16.8. The molecule has 3 rings (SSSR count). The zero-order valence-electron chi connectivity index (χ0n) is 14.0. The Morgan fingerprint density at radius 1 is 1.08 bits per heavy atom. The molecule has 0 spiro atoms. The average molecular weight is 347 g/mol. The van der Waals surface area contributed by atoms with E-state index in [4.69, 9.17) is 9.47 Å². The van der Waals surface area contributed by atoms with Gasteiger partial charge in [-0.2, -0.15) is 0 Å². The third-order valence-electron chi connectivity index (χ3n) is 4.43. The van der Waals surface area contributed by atoms with Gasteiger partial charge in [0.1, 0.15) is 0 Å². The van der Waals surface area contributed by atoms with Gasteiger partial charge in [-0.05, 0) is 24.7 Å². The Morgan fingerprint density at radius 2 is 1.83 bits per heavy atom. The molecular weight excluding hydrogens is 326 g/mol. The standard InChI is InChI=1S/C18H21NO4S/c1-19(11-13-7-6-9-16(22-2)18(13)23-3)15-12-24(20,21)17-10-5-4-8-14(15)17/h4-10,15H,11-12H2,1-3H3. The van der Waals surface area contributed by atoms with Crippen LogP contribution < -0.4 is 9.47 Å². The Balaban J connectivity index is 1.91. The van der Waals surface area contributed by atoms with E-state index >= 15 is 0 Å². The zero-order valence-corrected chi connectivity index (χ0v) is 14.8. The van der Waals surface area contributed by atoms with E-state index in [0.29, 0.717) is 22.9 Å². The SMILES string of the molecule is COc1cccc(CN(C)C2CS(=O)(=O)c3ccccc32)c1OC. The Labute approximate surface area is 142 Å². The third kappa shape index (κ3) is 2.87. The maximum atomic E-state index is 12.4. The van der Waals surface area contributed by atoms with Crippen LogP contribution in [0.3, 0.4) is 0 Å². The molecule has 0 radical (unpaired) electrons. The predicted octanol–water partition coefficient (Wildman–Crippen LogP) is 2.66. The molecule has 5 nitrogen and oxygen atoms in total. The fraction of sp³-hybridized carbons (Fsp3) is 0.333. The van der Waals surface area contributed by atoms with Crippen molar-refractivity contribution in [2.75, 3.05) is 27.0 Å². The van der Waals surface area contributed by atoms with Gasteiger partial charge in [0.2, 0.25) is 0 Å². The molecule has 0 fully saturated rings. The average Bonchev–Trinajstić information content (AvgIpc) is 2.86. The van der Waals surface area contributed by atoms with Crippen molar-refractivity contribution < 1.29 is 17.9 Å². The van der Waals surface area contributed by atoms with E-state index in [0.717, 1.165) is 11.1 Å². The van der Waals surface area contributed by atoms with Gasteiger partial charge >= 0.3 is 0 Å². The summed E-state index contributed by atoms with van der Waals surface area (Å²) in [4.78, 5) is 2.49. The lowest BCUT2D eigenvalue weighted by Crippen LogP contribution is -2.25. The minimum atomic E-state index is -3.22. The van der Waals surface area contributed by atoms with Crippen LogP contribution >= 0.6 is 0 Å². The first-order valence-corrected chi connectivity index (χ1v) is 9.35. The van der Waals surface area contributed by atoms with Crippen molar-refractivity contribution in [3.05, 3.63) is 53.6 Å². The Bertz CT molecular complexity index is 848. The maximum Gasteiger partial charge on any atom is 0.180 e. The lowest BCUT2D eigenvalue weighted by molar-refractivity contribution is 0.251. The second-order valence-corrected chi connectivity index (χ2v) is 7.91. The van der Waals surface area contributed by atoms with E-state index < -0.39 is 9.84 Å². The number of benzene rings is 2. The van der Waals surface area contributed by atoms with Gasteiger partial charge in [0, 0.05) is 12.1 Å². The number of rotatable bonds is 5. The topological polar surface area (TPSA) is 55.8 Å². The molecule has 0 saturated carbocycles. The summed E-state index contributed by atoms with van der Waals surface area (Å²) in [6, 6.07) is 12.8. The summed E-state index contributed by atoms with van der Waals surface area (Å²) in [5.41, 5.74) is 1.82. The summed E-state index contributed by atoms with van der Waals surface area (Å²) in [5, 5.41) is 0. The maximum absolute atomic E-state index is 12.4. The van der Waals surface area contributed by atoms with Crippen molar-refractivity contribution in [1.29, 1.82) is 0 Å². The van der Waals surface area contributed by atoms with E-state index in [1.807, 2.05) is 42.3 Å². The number of hydrogen-bond acceptors (Lipinski definition) is 5. The molecule has 1 aliphatic rings. The van der Waals surface area contributed by atoms with Crippen LogP contribution in [0.25, 0.3) is 0 Å². The van der Waals surface area contributed by atoms with Crippen molar-refractivity contribution in [3.63, 3.8) is 0 Å². The lowest BCUT2D eigenvalue weighted by Gasteiger charge is -2.25. The molecule has 0 amide bonds. The normalized spacial score (nSPS) is 18.4. The van der Waals surface area contributed by atoms with Crippen molar-refractivity contribution in [1.82, 2.24) is 4.90 Å². The van der Waals surface area contributed by atoms with E-state index in [1.54, 1.807) is 26.4 Å². The molecular formula is C18H21NO4S. The van der Waals surface area contributed by atoms with Crippen LogP contribution in [0.2, 0.25) is 0 Å². The van der Waals surface area contributed by atoms with E-state index in [9.17, 15) is 8.42 Å². The monoisotopic (exact) mass is 347 g/mol. The van der Waals surface area contributed by atoms with Crippen LogP contribution in [0.5, 0.6) is 11.5 Å². The van der Waals surface area contributed by atoms with Gasteiger partial charge in [-0.3, -0.25) is 4.90 Å². The second kappa shape index (κ2) is 6.45. The van der Waals surface area contributed by atoms with Crippen LogP contribution in [0, 0.1) is 0 Å². The van der Waals surface area contributed by atoms with Crippen LogP contribution in [-0.2, 0) is 16.4 Å². The van der Waals surface area contributed by atoms with Crippen LogP contribution in [0.4, 0.5) is 0 Å². The van der Waals surface area contributed by atoms with Crippen LogP contribution in [-0.4, -0.2) is 40.3 Å². The highest BCUT2D eigenvalue weighted by molar-refractivity contribution is 7.91. The summed E-state index contributed by atoms with van der Waals surface area (Å²) >= 11 is 0. The van der Waals surface area contributed by atoms with Gasteiger partial charge < -0.3 is 9.47 Å². The highest BCUT2D eigenvalue weighted by Crippen LogP contribution is 2.38. The molecule has 2 aromatic rings. The fourth-order valence-corrected chi connectivity index (χ4v) is 5.13. The zero-order chi connectivity index (χ0) is 17.3. The van der Waals surface area contributed by atoms with Crippen LogP contribution in [0.1, 0.15) is 17.2 Å². The largest absolute Gasteiger partial charge is 0.493 e. The number of ether oxygens (including phenoxy) is 2. The Kier molecular flexibility index (Phi) is 4.51. The molecule has 1 unspecified atom stereocenters. The quantitative estimate of drug-likeness (QED) is 0.832. The highest BCUT2D eigenvalue weighted by atomic mass is 32.2. The minimum Gasteiger partial charge on any atom is -0.493 e. The number of methoxy groups -OCH3 is 2. The highest BCUT2D eigenvalue weighted by Gasteiger charge is 2.36. The molecule has 128 valence electrons. The molecule has 1 atom stereocenters. The smallest absolute Gasteiger partial charge is 0.180 e. The third-order valence-corrected chi connectivity index (χ3v) is 6.22. The summed E-state index contributed by atoms with van der Waals surface area (Å²) in [6.07, 6.45) is 0. The van der Waals surface area contributed by atoms with Crippen molar-refractivity contribution in [2.45, 2.75) is 17.5 Å². The number of hydrogen-bond donors (Lipinski definition) is 0. The number of para-hydroxylation sites is 1. The predicted molar refractivity (Wildman–Crippen MR) is 92.2 cm³/mol. The Morgan fingerprint density at radius 3 is 2.54 bits per heavy atom. The van der Waals surface area contributed by atoms with Gasteiger partial charge in [0.25, 0.3) is 0 Å². The summed E-state index contributed by atoms with van der Waals surface area (Å²) in [5.74, 6) is 1.46. The summed E-state index contributed by atoms with van der Waals surface area (Å²) in [7, 11) is 1.92. The summed E-state index contributed by atoms with van der Waals surface area (Å²) < 4.78 is 35.6. The summed E-state index contributed by atoms with van der Waals surface area (Å²) in [6.45, 7) is 0.564. The van der Waals surface area contributed by atoms with E-state index in [1.165, 1.54) is 0 Å². The van der Waals surface area contributed by atoms with Gasteiger partial charge in [-0.15, -0.1) is 0 Å². The first-order chi connectivity index (χ1) is 11.5. The van der Waals surface area contributed by atoms with Gasteiger partial charge in [-0.25, -0.2) is 8.42 Å². The molecule has 6 heteroatoms. The van der Waals surface area contributed by atoms with Crippen molar-refractivity contribution in [3.8, 4) is 11.5 Å². The second-order valence-electron chi connectivity index (χ2n) is 5.90. The molecule has 0 aliphatic carbocycles. The molecule has 0 bridgehead atoms. The van der Waals surface area contributed by atoms with Gasteiger partial charge in [-0.1, -0.05) is 30.3 Å². The molecule has 1 aliphatic heterocycles. The molecule has 24 heavy (non-hydrogen) atoms. The van der Waals surface area contributed by atoms with Gasteiger partial charge in [0.05, 0.1) is 30.9 Å². The molecule has 0 N–H and O–H groups in total. The van der Waals surface area contributed by atoms with Gasteiger partial charge in [0.15, 0.2) is 21.3 Å². The molecule has 0 aromatic heterocycles. The lowest BCUT2D eigenvalue weighted by atomic mass is 10.1. The minimum absolute atomic E-state index is 0.106. The van der Waals surface area contributed by atoms with Crippen molar-refractivity contribution in [2.24, 2.45) is 0 Å². The number of sulfone groups is 1. The van der Waals surface area contributed by atoms with E-state index in [-0.39, 0.29) is 11.8 Å². The molecule has 0 saturated heterocycles. The van der Waals surface area contributed by atoms with E-state index in [2.05, 4.69) is 0 Å². The molecule has 1 heterocycles.